The van der Waals surface area contributed by atoms with E-state index in [4.69, 9.17) is 4.74 Å². The standard InChI is InChI=1S/C9H14BrFO2/c10-3-7(12)8-1-2-9(4-8,5-11)13-6-8/h7,12H,1-6H2. The predicted molar refractivity (Wildman–Crippen MR) is 50.7 cm³/mol. The summed E-state index contributed by atoms with van der Waals surface area (Å²) in [5.74, 6) is 0. The van der Waals surface area contributed by atoms with E-state index in [1.165, 1.54) is 0 Å². The lowest BCUT2D eigenvalue weighted by Gasteiger charge is -2.30. The maximum atomic E-state index is 12.7. The van der Waals surface area contributed by atoms with Crippen LogP contribution in [0.15, 0.2) is 0 Å². The Morgan fingerprint density at radius 3 is 2.69 bits per heavy atom. The summed E-state index contributed by atoms with van der Waals surface area (Å²) in [7, 11) is 0. The van der Waals surface area contributed by atoms with E-state index < -0.39 is 18.4 Å². The van der Waals surface area contributed by atoms with Gasteiger partial charge >= 0.3 is 0 Å². The molecule has 2 rings (SSSR count). The van der Waals surface area contributed by atoms with Crippen molar-refractivity contribution in [3.05, 3.63) is 0 Å². The lowest BCUT2D eigenvalue weighted by atomic mass is 9.82. The Kier molecular flexibility index (Phi) is 2.41. The van der Waals surface area contributed by atoms with E-state index in [9.17, 15) is 9.50 Å². The maximum absolute atomic E-state index is 12.7. The molecule has 0 amide bonds. The van der Waals surface area contributed by atoms with E-state index in [1.807, 2.05) is 0 Å². The zero-order chi connectivity index (χ0) is 9.53. The number of hydrogen-bond acceptors (Lipinski definition) is 2. The number of rotatable bonds is 3. The van der Waals surface area contributed by atoms with Gasteiger partial charge in [-0.15, -0.1) is 0 Å². The molecule has 1 saturated carbocycles. The summed E-state index contributed by atoms with van der Waals surface area (Å²) in [6, 6.07) is 0. The lowest BCUT2D eigenvalue weighted by molar-refractivity contribution is -0.0590. The highest BCUT2D eigenvalue weighted by Crippen LogP contribution is 2.55. The molecule has 0 radical (unpaired) electrons. The Hall–Kier alpha value is 0.330. The van der Waals surface area contributed by atoms with Crippen LogP contribution in [-0.4, -0.2) is 35.4 Å². The molecule has 2 fully saturated rings. The number of aliphatic hydroxyl groups excluding tert-OH is 1. The molecule has 0 aromatic rings. The van der Waals surface area contributed by atoms with Gasteiger partial charge in [0.2, 0.25) is 0 Å². The Morgan fingerprint density at radius 1 is 1.54 bits per heavy atom. The topological polar surface area (TPSA) is 29.5 Å². The van der Waals surface area contributed by atoms with Crippen LogP contribution in [0, 0.1) is 5.41 Å². The molecule has 0 aromatic heterocycles. The van der Waals surface area contributed by atoms with E-state index in [2.05, 4.69) is 15.9 Å². The third-order valence-corrected chi connectivity index (χ3v) is 4.13. The first-order valence-electron chi connectivity index (χ1n) is 4.60. The molecule has 76 valence electrons. The van der Waals surface area contributed by atoms with Gasteiger partial charge in [0.05, 0.1) is 18.3 Å². The van der Waals surface area contributed by atoms with Crippen LogP contribution in [-0.2, 0) is 4.74 Å². The molecule has 1 heterocycles. The largest absolute Gasteiger partial charge is 0.392 e. The second-order valence-electron chi connectivity index (χ2n) is 4.31. The van der Waals surface area contributed by atoms with Gasteiger partial charge < -0.3 is 9.84 Å². The predicted octanol–water partition coefficient (Wildman–Crippen LogP) is 1.65. The number of ether oxygens (including phenoxy) is 1. The fraction of sp³-hybridized carbons (Fsp3) is 1.00. The van der Waals surface area contributed by atoms with Gasteiger partial charge in [-0.2, -0.15) is 0 Å². The Labute approximate surface area is 85.6 Å². The summed E-state index contributed by atoms with van der Waals surface area (Å²) in [6.07, 6.45) is 1.93. The highest BCUT2D eigenvalue weighted by atomic mass is 79.9. The molecule has 1 saturated heterocycles. The first-order chi connectivity index (χ1) is 6.16. The first kappa shape index (κ1) is 9.87. The zero-order valence-corrected chi connectivity index (χ0v) is 9.02. The molecule has 2 aliphatic rings. The number of hydrogen-bond donors (Lipinski definition) is 1. The highest BCUT2D eigenvalue weighted by Gasteiger charge is 2.58. The molecule has 0 aromatic carbocycles. The summed E-state index contributed by atoms with van der Waals surface area (Å²) in [6.45, 7) is 0.105. The first-order valence-corrected chi connectivity index (χ1v) is 5.73. The van der Waals surface area contributed by atoms with Gasteiger partial charge in [-0.1, -0.05) is 15.9 Å². The summed E-state index contributed by atoms with van der Waals surface area (Å²) < 4.78 is 18.2. The monoisotopic (exact) mass is 252 g/mol. The van der Waals surface area contributed by atoms with Gasteiger partial charge in [-0.05, 0) is 19.3 Å². The van der Waals surface area contributed by atoms with Crippen molar-refractivity contribution in [3.8, 4) is 0 Å². The van der Waals surface area contributed by atoms with Crippen molar-refractivity contribution in [3.63, 3.8) is 0 Å². The normalized spacial score (nSPS) is 45.5. The van der Waals surface area contributed by atoms with Crippen LogP contribution < -0.4 is 0 Å². The fourth-order valence-corrected chi connectivity index (χ4v) is 3.22. The number of aliphatic hydroxyl groups is 1. The van der Waals surface area contributed by atoms with E-state index >= 15 is 0 Å². The minimum Gasteiger partial charge on any atom is -0.392 e. The summed E-state index contributed by atoms with van der Waals surface area (Å²) in [5.41, 5.74) is -0.723. The van der Waals surface area contributed by atoms with Crippen LogP contribution in [0.5, 0.6) is 0 Å². The minimum absolute atomic E-state index is 0.171. The smallest absolute Gasteiger partial charge is 0.118 e. The second-order valence-corrected chi connectivity index (χ2v) is 4.96. The van der Waals surface area contributed by atoms with Gasteiger partial charge in [-0.3, -0.25) is 0 Å². The minimum atomic E-state index is -0.552. The molecule has 1 aliphatic heterocycles. The molecule has 0 spiro atoms. The number of halogens is 2. The summed E-state index contributed by atoms with van der Waals surface area (Å²) in [5, 5.41) is 10.3. The fourth-order valence-electron chi connectivity index (χ4n) is 2.54. The molecule has 13 heavy (non-hydrogen) atoms. The van der Waals surface area contributed by atoms with Crippen molar-refractivity contribution in [1.29, 1.82) is 0 Å². The van der Waals surface area contributed by atoms with Crippen molar-refractivity contribution < 1.29 is 14.2 Å². The molecule has 3 unspecified atom stereocenters. The van der Waals surface area contributed by atoms with E-state index in [0.717, 1.165) is 12.8 Å². The summed E-state index contributed by atoms with van der Waals surface area (Å²) in [4.78, 5) is 0. The third kappa shape index (κ3) is 1.34. The SMILES string of the molecule is OC(CBr)C12CCC(CF)(C1)OC2. The lowest BCUT2D eigenvalue weighted by Crippen LogP contribution is -2.36. The molecule has 4 heteroatoms. The van der Waals surface area contributed by atoms with Gasteiger partial charge in [0.25, 0.3) is 0 Å². The van der Waals surface area contributed by atoms with Crippen molar-refractivity contribution in [1.82, 2.24) is 0 Å². The summed E-state index contributed by atoms with van der Waals surface area (Å²) >= 11 is 3.26. The van der Waals surface area contributed by atoms with Crippen LogP contribution >= 0.6 is 15.9 Å². The average molecular weight is 253 g/mol. The second kappa shape index (κ2) is 3.17. The molecular formula is C9H14BrFO2. The van der Waals surface area contributed by atoms with E-state index in [0.29, 0.717) is 18.4 Å². The molecule has 1 aliphatic carbocycles. The van der Waals surface area contributed by atoms with Crippen LogP contribution in [0.4, 0.5) is 4.39 Å². The van der Waals surface area contributed by atoms with Crippen molar-refractivity contribution in [2.75, 3.05) is 18.6 Å². The molecule has 2 nitrogen and oxygen atoms in total. The molecule has 2 bridgehead atoms. The van der Waals surface area contributed by atoms with Gasteiger partial charge in [0, 0.05) is 10.7 Å². The molecule has 1 N–H and O–H groups in total. The molecule has 3 atom stereocenters. The maximum Gasteiger partial charge on any atom is 0.118 e. The number of alkyl halides is 2. The molecular weight excluding hydrogens is 239 g/mol. The van der Waals surface area contributed by atoms with Crippen LogP contribution in [0.25, 0.3) is 0 Å². The average Bonchev–Trinajstić information content (AvgIpc) is 2.74. The van der Waals surface area contributed by atoms with Gasteiger partial charge in [0.1, 0.15) is 6.67 Å². The Bertz CT molecular complexity index is 202. The number of fused-ring (bicyclic) bond motifs is 2. The van der Waals surface area contributed by atoms with Gasteiger partial charge in [0.15, 0.2) is 0 Å². The van der Waals surface area contributed by atoms with Crippen LogP contribution in [0.1, 0.15) is 19.3 Å². The van der Waals surface area contributed by atoms with Crippen LogP contribution in [0.3, 0.4) is 0 Å². The van der Waals surface area contributed by atoms with Gasteiger partial charge in [-0.25, -0.2) is 4.39 Å². The quantitative estimate of drug-likeness (QED) is 0.775. The van der Waals surface area contributed by atoms with E-state index in [-0.39, 0.29) is 5.41 Å². The van der Waals surface area contributed by atoms with Crippen molar-refractivity contribution in [2.45, 2.75) is 31.0 Å². The van der Waals surface area contributed by atoms with Crippen molar-refractivity contribution >= 4 is 15.9 Å². The van der Waals surface area contributed by atoms with Crippen molar-refractivity contribution in [2.24, 2.45) is 5.41 Å². The zero-order valence-electron chi connectivity index (χ0n) is 7.43. The third-order valence-electron chi connectivity index (χ3n) is 3.52. The highest BCUT2D eigenvalue weighted by molar-refractivity contribution is 9.09. The Balaban J connectivity index is 2.13. The Morgan fingerprint density at radius 2 is 2.31 bits per heavy atom. The van der Waals surface area contributed by atoms with E-state index in [1.54, 1.807) is 0 Å². The van der Waals surface area contributed by atoms with Crippen LogP contribution in [0.2, 0.25) is 0 Å².